The Morgan fingerprint density at radius 1 is 1.50 bits per heavy atom. The Bertz CT molecular complexity index is 294. The van der Waals surface area contributed by atoms with E-state index in [9.17, 15) is 0 Å². The van der Waals surface area contributed by atoms with Crippen LogP contribution in [-0.2, 0) is 4.74 Å². The maximum absolute atomic E-state index is 9.04. The number of nitriles is 1. The fraction of sp³-hybridized carbons (Fsp3) is 0.929. The summed E-state index contributed by atoms with van der Waals surface area (Å²) < 4.78 is 5.19. The van der Waals surface area contributed by atoms with Gasteiger partial charge in [-0.05, 0) is 46.0 Å². The van der Waals surface area contributed by atoms with Gasteiger partial charge < -0.3 is 10.5 Å². The van der Waals surface area contributed by atoms with Gasteiger partial charge in [-0.25, -0.2) is 0 Å². The van der Waals surface area contributed by atoms with Crippen molar-refractivity contribution in [2.45, 2.75) is 57.7 Å². The molecule has 3 unspecified atom stereocenters. The molecule has 2 N–H and O–H groups in total. The van der Waals surface area contributed by atoms with Gasteiger partial charge in [-0.15, -0.1) is 0 Å². The van der Waals surface area contributed by atoms with E-state index >= 15 is 0 Å². The lowest BCUT2D eigenvalue weighted by Gasteiger charge is -2.36. The number of nitrogens with zero attached hydrogens (tertiary/aromatic N) is 2. The average Bonchev–Trinajstić information content (AvgIpc) is 3.12. The van der Waals surface area contributed by atoms with E-state index in [0.717, 1.165) is 19.1 Å². The fourth-order valence-corrected chi connectivity index (χ4v) is 2.65. The Morgan fingerprint density at radius 3 is 2.56 bits per heavy atom. The molecule has 0 aromatic heterocycles. The fourth-order valence-electron chi connectivity index (χ4n) is 2.65. The summed E-state index contributed by atoms with van der Waals surface area (Å²) in [6.07, 6.45) is 3.36. The second-order valence-electron chi connectivity index (χ2n) is 5.89. The number of methoxy groups -OCH3 is 1. The second-order valence-corrected chi connectivity index (χ2v) is 5.89. The van der Waals surface area contributed by atoms with Gasteiger partial charge in [0.25, 0.3) is 0 Å². The zero-order chi connectivity index (χ0) is 13.8. The van der Waals surface area contributed by atoms with E-state index in [2.05, 4.69) is 24.8 Å². The summed E-state index contributed by atoms with van der Waals surface area (Å²) >= 11 is 0. The summed E-state index contributed by atoms with van der Waals surface area (Å²) in [4.78, 5) is 2.45. The van der Waals surface area contributed by atoms with Crippen LogP contribution in [0, 0.1) is 17.2 Å². The molecule has 1 aliphatic carbocycles. The molecule has 1 aliphatic rings. The summed E-state index contributed by atoms with van der Waals surface area (Å²) in [5, 5.41) is 9.04. The summed E-state index contributed by atoms with van der Waals surface area (Å²) in [5.41, 5.74) is 5.21. The lowest BCUT2D eigenvalue weighted by molar-refractivity contribution is 0.0788. The van der Waals surface area contributed by atoms with Gasteiger partial charge in [-0.1, -0.05) is 0 Å². The molecule has 3 atom stereocenters. The largest absolute Gasteiger partial charge is 0.383 e. The molecule has 4 heteroatoms. The van der Waals surface area contributed by atoms with E-state index in [4.69, 9.17) is 15.7 Å². The van der Waals surface area contributed by atoms with Crippen LogP contribution in [0.3, 0.4) is 0 Å². The molecular formula is C14H27N3O. The second kappa shape index (κ2) is 6.51. The molecule has 0 aromatic rings. The highest BCUT2D eigenvalue weighted by atomic mass is 16.5. The van der Waals surface area contributed by atoms with Crippen LogP contribution >= 0.6 is 0 Å². The molecule has 0 aromatic carbocycles. The molecule has 0 amide bonds. The van der Waals surface area contributed by atoms with Crippen molar-refractivity contribution >= 4 is 0 Å². The normalized spacial score (nSPS) is 22.3. The van der Waals surface area contributed by atoms with Crippen LogP contribution in [0.5, 0.6) is 0 Å². The molecule has 1 rings (SSSR count). The molecule has 0 radical (unpaired) electrons. The SMILES string of the molecule is COCCN(C(C)CC(C)(N)C#N)C(C)C1CC1. The minimum absolute atomic E-state index is 0.311. The van der Waals surface area contributed by atoms with E-state index in [1.54, 1.807) is 14.0 Å². The molecule has 1 saturated carbocycles. The van der Waals surface area contributed by atoms with Crippen molar-refractivity contribution in [1.29, 1.82) is 5.26 Å². The lowest BCUT2D eigenvalue weighted by atomic mass is 9.94. The van der Waals surface area contributed by atoms with Gasteiger partial charge in [-0.2, -0.15) is 5.26 Å². The van der Waals surface area contributed by atoms with Crippen molar-refractivity contribution in [1.82, 2.24) is 4.90 Å². The first-order valence-electron chi connectivity index (χ1n) is 6.86. The molecular weight excluding hydrogens is 226 g/mol. The van der Waals surface area contributed by atoms with Gasteiger partial charge in [0.05, 0.1) is 12.7 Å². The lowest BCUT2D eigenvalue weighted by Crippen LogP contribution is -2.48. The van der Waals surface area contributed by atoms with E-state index in [1.807, 2.05) is 0 Å². The molecule has 1 fully saturated rings. The first-order chi connectivity index (χ1) is 8.41. The zero-order valence-corrected chi connectivity index (χ0v) is 12.1. The number of hydrogen-bond acceptors (Lipinski definition) is 4. The minimum atomic E-state index is -0.742. The van der Waals surface area contributed by atoms with E-state index in [-0.39, 0.29) is 0 Å². The Morgan fingerprint density at radius 2 is 2.11 bits per heavy atom. The van der Waals surface area contributed by atoms with Crippen molar-refractivity contribution in [3.8, 4) is 6.07 Å². The van der Waals surface area contributed by atoms with Gasteiger partial charge in [0.15, 0.2) is 0 Å². The van der Waals surface area contributed by atoms with Crippen LogP contribution in [0.2, 0.25) is 0 Å². The Kier molecular flexibility index (Phi) is 5.58. The van der Waals surface area contributed by atoms with Gasteiger partial charge in [0, 0.05) is 25.7 Å². The van der Waals surface area contributed by atoms with E-state index in [0.29, 0.717) is 18.5 Å². The molecule has 0 bridgehead atoms. The van der Waals surface area contributed by atoms with Crippen LogP contribution in [0.25, 0.3) is 0 Å². The third-order valence-corrected chi connectivity index (χ3v) is 3.92. The molecule has 18 heavy (non-hydrogen) atoms. The Labute approximate surface area is 111 Å². The summed E-state index contributed by atoms with van der Waals surface area (Å²) in [7, 11) is 1.73. The summed E-state index contributed by atoms with van der Waals surface area (Å²) in [6.45, 7) is 7.90. The van der Waals surface area contributed by atoms with Gasteiger partial charge >= 0.3 is 0 Å². The maximum atomic E-state index is 9.04. The van der Waals surface area contributed by atoms with Crippen molar-refractivity contribution in [2.75, 3.05) is 20.3 Å². The summed E-state index contributed by atoms with van der Waals surface area (Å²) in [6, 6.07) is 3.06. The number of hydrogen-bond donors (Lipinski definition) is 1. The highest BCUT2D eigenvalue weighted by Crippen LogP contribution is 2.36. The van der Waals surface area contributed by atoms with Crippen molar-refractivity contribution < 1.29 is 4.74 Å². The van der Waals surface area contributed by atoms with Crippen molar-refractivity contribution in [3.63, 3.8) is 0 Å². The Hall–Kier alpha value is -0.630. The molecule has 104 valence electrons. The smallest absolute Gasteiger partial charge is 0.102 e. The molecule has 4 nitrogen and oxygen atoms in total. The van der Waals surface area contributed by atoms with Crippen molar-refractivity contribution in [2.24, 2.45) is 11.7 Å². The number of rotatable bonds is 8. The summed E-state index contributed by atoms with van der Waals surface area (Å²) in [5.74, 6) is 0.815. The van der Waals surface area contributed by atoms with Crippen molar-refractivity contribution in [3.05, 3.63) is 0 Å². The van der Waals surface area contributed by atoms with E-state index in [1.165, 1.54) is 12.8 Å². The van der Waals surface area contributed by atoms with Crippen LogP contribution in [0.15, 0.2) is 0 Å². The number of nitrogens with two attached hydrogens (primary N) is 1. The molecule has 0 saturated heterocycles. The van der Waals surface area contributed by atoms with Crippen LogP contribution < -0.4 is 5.73 Å². The van der Waals surface area contributed by atoms with Crippen LogP contribution in [0.4, 0.5) is 0 Å². The highest BCUT2D eigenvalue weighted by Gasteiger charge is 2.35. The van der Waals surface area contributed by atoms with Crippen LogP contribution in [-0.4, -0.2) is 42.8 Å². The Balaban J connectivity index is 2.60. The monoisotopic (exact) mass is 253 g/mol. The van der Waals surface area contributed by atoms with Crippen LogP contribution in [0.1, 0.15) is 40.0 Å². The highest BCUT2D eigenvalue weighted by molar-refractivity contribution is 5.03. The quantitative estimate of drug-likeness (QED) is 0.716. The third kappa shape index (κ3) is 4.56. The maximum Gasteiger partial charge on any atom is 0.102 e. The molecule has 0 heterocycles. The van der Waals surface area contributed by atoms with Gasteiger partial charge in [0.2, 0.25) is 0 Å². The first-order valence-corrected chi connectivity index (χ1v) is 6.86. The minimum Gasteiger partial charge on any atom is -0.383 e. The predicted molar refractivity (Wildman–Crippen MR) is 73.1 cm³/mol. The predicted octanol–water partition coefficient (Wildman–Crippen LogP) is 1.75. The van der Waals surface area contributed by atoms with E-state index < -0.39 is 5.54 Å². The average molecular weight is 253 g/mol. The zero-order valence-electron chi connectivity index (χ0n) is 12.1. The van der Waals surface area contributed by atoms with Gasteiger partial charge in [-0.3, -0.25) is 4.90 Å². The first kappa shape index (κ1) is 15.4. The standard InChI is InChI=1S/C14H27N3O/c1-11(9-14(3,16)10-15)17(7-8-18-4)12(2)13-5-6-13/h11-13H,5-9,16H2,1-4H3. The third-order valence-electron chi connectivity index (χ3n) is 3.92. The number of ether oxygens (including phenoxy) is 1. The molecule has 0 spiro atoms. The topological polar surface area (TPSA) is 62.3 Å². The van der Waals surface area contributed by atoms with Gasteiger partial charge in [0.1, 0.15) is 5.54 Å². The molecule has 0 aliphatic heterocycles.